The highest BCUT2D eigenvalue weighted by Gasteiger charge is 2.69. The molecular weight excluding hydrogens is 415 g/mol. The highest BCUT2D eigenvalue weighted by atomic mass is 127. The van der Waals surface area contributed by atoms with Crippen LogP contribution >= 0.6 is 22.6 Å². The summed E-state index contributed by atoms with van der Waals surface area (Å²) in [6, 6.07) is 4.12. The molecule has 2 N–H and O–H groups in total. The van der Waals surface area contributed by atoms with E-state index >= 15 is 0 Å². The number of alkyl halides is 1. The summed E-state index contributed by atoms with van der Waals surface area (Å²) in [7, 11) is 0. The third kappa shape index (κ3) is 2.22. The van der Waals surface area contributed by atoms with Crippen LogP contribution in [0.1, 0.15) is 30.9 Å². The zero-order valence-corrected chi connectivity index (χ0v) is 16.6. The molecule has 3 atom stereocenters. The number of fused-ring (bicyclic) bond motifs is 2. The summed E-state index contributed by atoms with van der Waals surface area (Å²) in [5.41, 5.74) is 2.82. The van der Waals surface area contributed by atoms with Crippen molar-refractivity contribution >= 4 is 34.0 Å². The number of carbonyl (C=O) groups is 1. The number of nitrogens with zero attached hydrogens (tertiary/aromatic N) is 2. The van der Waals surface area contributed by atoms with Gasteiger partial charge in [-0.1, -0.05) is 28.7 Å². The van der Waals surface area contributed by atoms with Crippen molar-refractivity contribution in [3.63, 3.8) is 0 Å². The zero-order chi connectivity index (χ0) is 17.3. The van der Waals surface area contributed by atoms with Crippen LogP contribution in [0.2, 0.25) is 0 Å². The van der Waals surface area contributed by atoms with E-state index in [1.54, 1.807) is 0 Å². The Bertz CT molecular complexity index is 843. The van der Waals surface area contributed by atoms with E-state index in [2.05, 4.69) is 50.6 Å². The number of rotatable bonds is 3. The van der Waals surface area contributed by atoms with Gasteiger partial charge in [0.25, 0.3) is 0 Å². The Morgan fingerprint density at radius 2 is 2.25 bits per heavy atom. The van der Waals surface area contributed by atoms with Crippen molar-refractivity contribution in [1.29, 1.82) is 0 Å². The number of hydrogen-bond acceptors (Lipinski definition) is 3. The number of nitrogens with one attached hydrogen (secondary N) is 2. The summed E-state index contributed by atoms with van der Waals surface area (Å²) < 4.78 is 2.22. The molecule has 2 aliphatic rings. The topological polar surface area (TPSA) is 58.4 Å². The van der Waals surface area contributed by atoms with Crippen LogP contribution in [0.4, 0.5) is 0 Å². The molecule has 0 spiro atoms. The molecule has 0 radical (unpaired) electrons. The number of halogens is 1. The third-order valence-corrected chi connectivity index (χ3v) is 7.36. The Kier molecular flexibility index (Phi) is 3.52. The summed E-state index contributed by atoms with van der Waals surface area (Å²) >= 11 is 2.46. The molecule has 6 heteroatoms. The molecule has 24 heavy (non-hydrogen) atoms. The van der Waals surface area contributed by atoms with Crippen molar-refractivity contribution in [3.05, 3.63) is 35.4 Å². The molecule has 0 aromatic carbocycles. The Morgan fingerprint density at radius 3 is 2.92 bits per heavy atom. The van der Waals surface area contributed by atoms with Gasteiger partial charge in [0.1, 0.15) is 5.82 Å². The number of carbonyl (C=O) groups excluding carboxylic acids is 1. The Hall–Kier alpha value is -1.15. The van der Waals surface area contributed by atoms with Gasteiger partial charge in [-0.15, -0.1) is 0 Å². The van der Waals surface area contributed by atoms with Crippen LogP contribution in [0.25, 0.3) is 5.52 Å². The minimum absolute atomic E-state index is 0.110. The van der Waals surface area contributed by atoms with Crippen LogP contribution in [0.3, 0.4) is 0 Å². The second kappa shape index (κ2) is 5.17. The van der Waals surface area contributed by atoms with Gasteiger partial charge in [0.15, 0.2) is 0 Å². The summed E-state index contributed by atoms with van der Waals surface area (Å²) in [5, 5.41) is 6.63. The average molecular weight is 438 g/mol. The lowest BCUT2D eigenvalue weighted by molar-refractivity contribution is -0.124. The first-order valence-electron chi connectivity index (χ1n) is 8.42. The Labute approximate surface area is 155 Å². The van der Waals surface area contributed by atoms with E-state index in [4.69, 9.17) is 4.98 Å². The second-order valence-corrected chi connectivity index (χ2v) is 9.70. The fraction of sp³-hybridized carbons (Fsp3) is 0.556. The van der Waals surface area contributed by atoms with Crippen LogP contribution < -0.4 is 10.6 Å². The van der Waals surface area contributed by atoms with E-state index in [1.165, 1.54) is 5.56 Å². The Morgan fingerprint density at radius 1 is 1.50 bits per heavy atom. The number of pyridine rings is 1. The standard InChI is InChI=1S/C18H23IN4O/c1-10-6-5-7-23-14(10)11(2)21-16(23)17(3,4)22-15(24)13-12-8-20-9-18(12,13)19/h5-7,12-13,20H,8-9H2,1-4H3,(H,22,24)/t12-,13+,18+/m0/s1. The van der Waals surface area contributed by atoms with Crippen molar-refractivity contribution in [1.82, 2.24) is 20.0 Å². The highest BCUT2D eigenvalue weighted by molar-refractivity contribution is 14.1. The highest BCUT2D eigenvalue weighted by Crippen LogP contribution is 2.59. The van der Waals surface area contributed by atoms with Crippen LogP contribution in [-0.4, -0.2) is 31.8 Å². The number of hydrogen-bond donors (Lipinski definition) is 2. The molecule has 5 nitrogen and oxygen atoms in total. The molecule has 1 amide bonds. The number of piperidine rings is 1. The minimum atomic E-state index is -0.515. The average Bonchev–Trinajstić information content (AvgIpc) is 2.79. The summed E-state index contributed by atoms with van der Waals surface area (Å²) in [5.74, 6) is 1.63. The fourth-order valence-electron chi connectivity index (χ4n) is 4.23. The lowest BCUT2D eigenvalue weighted by Gasteiger charge is -2.26. The maximum absolute atomic E-state index is 12.8. The van der Waals surface area contributed by atoms with Crippen LogP contribution in [-0.2, 0) is 10.3 Å². The van der Waals surface area contributed by atoms with E-state index in [9.17, 15) is 4.79 Å². The third-order valence-electron chi connectivity index (χ3n) is 5.50. The molecule has 1 aliphatic heterocycles. The van der Waals surface area contributed by atoms with Gasteiger partial charge in [-0.25, -0.2) is 4.98 Å². The molecule has 0 unspecified atom stereocenters. The first-order valence-corrected chi connectivity index (χ1v) is 9.50. The molecule has 2 fully saturated rings. The normalized spacial score (nSPS) is 28.9. The summed E-state index contributed by atoms with van der Waals surface area (Å²) in [4.78, 5) is 17.6. The van der Waals surface area contributed by atoms with Gasteiger partial charge in [-0.05, 0) is 39.3 Å². The van der Waals surface area contributed by atoms with Gasteiger partial charge >= 0.3 is 0 Å². The van der Waals surface area contributed by atoms with Crippen molar-refractivity contribution in [3.8, 4) is 0 Å². The first-order chi connectivity index (χ1) is 11.3. The molecule has 4 rings (SSSR count). The van der Waals surface area contributed by atoms with E-state index in [0.29, 0.717) is 5.92 Å². The summed E-state index contributed by atoms with van der Waals surface area (Å²) in [6.45, 7) is 10.1. The molecule has 1 aliphatic carbocycles. The number of aromatic nitrogens is 2. The van der Waals surface area contributed by atoms with Gasteiger partial charge < -0.3 is 15.0 Å². The molecule has 1 saturated heterocycles. The van der Waals surface area contributed by atoms with Gasteiger partial charge in [0.05, 0.1) is 26.1 Å². The number of imidazole rings is 1. The molecule has 128 valence electrons. The molecule has 2 aromatic heterocycles. The van der Waals surface area contributed by atoms with E-state index < -0.39 is 5.54 Å². The molecule has 3 heterocycles. The predicted molar refractivity (Wildman–Crippen MR) is 102 cm³/mol. The quantitative estimate of drug-likeness (QED) is 0.572. The summed E-state index contributed by atoms with van der Waals surface area (Å²) in [6.07, 6.45) is 2.03. The number of amides is 1. The molecule has 0 bridgehead atoms. The van der Waals surface area contributed by atoms with Gasteiger partial charge in [-0.2, -0.15) is 0 Å². The van der Waals surface area contributed by atoms with Crippen molar-refractivity contribution in [2.24, 2.45) is 11.8 Å². The first kappa shape index (κ1) is 16.3. The smallest absolute Gasteiger partial charge is 0.225 e. The largest absolute Gasteiger partial charge is 0.344 e. The second-order valence-electron chi connectivity index (χ2n) is 7.69. The molecular formula is C18H23IN4O. The predicted octanol–water partition coefficient (Wildman–Crippen LogP) is 2.33. The van der Waals surface area contributed by atoms with Crippen LogP contribution in [0.5, 0.6) is 0 Å². The van der Waals surface area contributed by atoms with Gasteiger partial charge in [0, 0.05) is 25.2 Å². The van der Waals surface area contributed by atoms with E-state index in [-0.39, 0.29) is 15.2 Å². The molecule has 1 saturated carbocycles. The van der Waals surface area contributed by atoms with Crippen molar-refractivity contribution in [2.45, 2.75) is 36.7 Å². The van der Waals surface area contributed by atoms with Gasteiger partial charge in [-0.3, -0.25) is 4.79 Å². The minimum Gasteiger partial charge on any atom is -0.344 e. The maximum atomic E-state index is 12.8. The number of aryl methyl sites for hydroxylation is 2. The maximum Gasteiger partial charge on any atom is 0.225 e. The lowest BCUT2D eigenvalue weighted by Crippen LogP contribution is -2.45. The lowest BCUT2D eigenvalue weighted by atomic mass is 10.0. The zero-order valence-electron chi connectivity index (χ0n) is 14.5. The fourth-order valence-corrected chi connectivity index (χ4v) is 5.62. The van der Waals surface area contributed by atoms with Crippen molar-refractivity contribution in [2.75, 3.05) is 13.1 Å². The molecule has 2 aromatic rings. The van der Waals surface area contributed by atoms with Crippen molar-refractivity contribution < 1.29 is 4.79 Å². The Balaban J connectivity index is 1.64. The monoisotopic (exact) mass is 438 g/mol. The van der Waals surface area contributed by atoms with Crippen LogP contribution in [0, 0.1) is 25.7 Å². The van der Waals surface area contributed by atoms with Crippen LogP contribution in [0.15, 0.2) is 18.3 Å². The van der Waals surface area contributed by atoms with Gasteiger partial charge in [0.2, 0.25) is 5.91 Å². The van der Waals surface area contributed by atoms with E-state index in [1.807, 2.05) is 33.0 Å². The van der Waals surface area contributed by atoms with E-state index in [0.717, 1.165) is 30.1 Å². The SMILES string of the molecule is Cc1cccn2c(C(C)(C)NC(=O)[C@H]3[C@@H]4CNC[C@@]43I)nc(C)c12.